The van der Waals surface area contributed by atoms with Crippen molar-refractivity contribution in [2.45, 2.75) is 150 Å². The number of allylic oxidation sites excluding steroid dienone is 2. The molecule has 3 aromatic rings. The largest absolute Gasteiger partial charge is 0.481 e. The summed E-state index contributed by atoms with van der Waals surface area (Å²) in [5.74, 6) is -2.16. The number of aryl methyl sites for hydroxylation is 3. The number of hydrogen-bond acceptors (Lipinski definition) is 5. The quantitative estimate of drug-likeness (QED) is 0.0957. The third-order valence-electron chi connectivity index (χ3n) is 11.5. The Labute approximate surface area is 314 Å². The molecule has 0 aliphatic carbocycles. The van der Waals surface area contributed by atoms with Gasteiger partial charge in [-0.2, -0.15) is 0 Å². The number of ether oxygens (including phenoxy) is 1. The number of unbranched alkanes of at least 4 members (excludes halogenated alkanes) is 9. The third-order valence-corrected chi connectivity index (χ3v) is 11.5. The van der Waals surface area contributed by atoms with Crippen molar-refractivity contribution in [3.63, 3.8) is 0 Å². The lowest BCUT2D eigenvalue weighted by Gasteiger charge is -2.16. The Bertz CT molecular complexity index is 2000. The summed E-state index contributed by atoms with van der Waals surface area (Å²) in [4.78, 5) is 41.8. The molecule has 3 aromatic heterocycles. The Hall–Kier alpha value is -4.24. The maximum atomic E-state index is 12.7. The van der Waals surface area contributed by atoms with E-state index in [9.17, 15) is 19.8 Å². The highest BCUT2D eigenvalue weighted by atomic mass is 16.5. The van der Waals surface area contributed by atoms with Gasteiger partial charge in [-0.1, -0.05) is 78.6 Å². The summed E-state index contributed by atoms with van der Waals surface area (Å²) in [6, 6.07) is 6.15. The van der Waals surface area contributed by atoms with Gasteiger partial charge < -0.3 is 24.9 Å². The van der Waals surface area contributed by atoms with Crippen LogP contribution in [0.25, 0.3) is 33.2 Å². The maximum absolute atomic E-state index is 12.7. The first-order valence-electron chi connectivity index (χ1n) is 19.9. The number of rotatable bonds is 18. The van der Waals surface area contributed by atoms with Crippen LogP contribution in [-0.4, -0.2) is 48.7 Å². The number of H-pyrrole nitrogens is 2. The van der Waals surface area contributed by atoms with Crippen LogP contribution in [0.5, 0.6) is 0 Å². The minimum absolute atomic E-state index is 0.00571. The van der Waals surface area contributed by atoms with E-state index in [-0.39, 0.29) is 23.8 Å². The molecule has 2 aliphatic rings. The van der Waals surface area contributed by atoms with E-state index in [2.05, 4.69) is 56.7 Å². The van der Waals surface area contributed by atoms with E-state index in [1.54, 1.807) is 0 Å². The van der Waals surface area contributed by atoms with Crippen molar-refractivity contribution >= 4 is 45.2 Å². The molecule has 5 heterocycles. The highest BCUT2D eigenvalue weighted by Crippen LogP contribution is 2.42. The van der Waals surface area contributed by atoms with Gasteiger partial charge in [-0.15, -0.1) is 0 Å². The fraction of sp³-hybridized carbons (Fsp3) is 0.545. The minimum Gasteiger partial charge on any atom is -0.481 e. The molecule has 0 saturated carbocycles. The first-order chi connectivity index (χ1) is 25.5. The Morgan fingerprint density at radius 3 is 2.06 bits per heavy atom. The number of aliphatic carboxylic acids is 1. The lowest BCUT2D eigenvalue weighted by Crippen LogP contribution is -2.07. The molecule has 2 atom stereocenters. The zero-order valence-corrected chi connectivity index (χ0v) is 33.0. The average Bonchev–Trinajstić information content (AvgIpc) is 3.80. The molecule has 286 valence electrons. The second-order valence-corrected chi connectivity index (χ2v) is 15.2. The van der Waals surface area contributed by atoms with Crippen molar-refractivity contribution in [1.82, 2.24) is 19.9 Å². The van der Waals surface area contributed by atoms with Gasteiger partial charge >= 0.3 is 11.9 Å². The van der Waals surface area contributed by atoms with Gasteiger partial charge in [0.25, 0.3) is 0 Å². The predicted octanol–water partition coefficient (Wildman–Crippen LogP) is 11.5. The number of aromatic nitrogens is 4. The fourth-order valence-corrected chi connectivity index (χ4v) is 8.15. The Morgan fingerprint density at radius 1 is 0.774 bits per heavy atom. The minimum atomic E-state index is -1.02. The van der Waals surface area contributed by atoms with Crippen molar-refractivity contribution in [1.29, 1.82) is 0 Å². The molecule has 0 aromatic carbocycles. The van der Waals surface area contributed by atoms with Crippen LogP contribution in [0, 0.1) is 20.8 Å². The number of carboxylic acids is 2. The summed E-state index contributed by atoms with van der Waals surface area (Å²) >= 11 is 0. The molecule has 0 saturated heterocycles. The first kappa shape index (κ1) is 40.0. The average molecular weight is 725 g/mol. The van der Waals surface area contributed by atoms with Gasteiger partial charge in [0.15, 0.2) is 0 Å². The summed E-state index contributed by atoms with van der Waals surface area (Å²) in [5.41, 5.74) is 12.2. The van der Waals surface area contributed by atoms with Gasteiger partial charge in [-0.25, -0.2) is 9.78 Å². The Morgan fingerprint density at radius 2 is 1.42 bits per heavy atom. The standard InChI is InChI=1S/C44H60N4O5/c1-8-10-11-12-13-14-15-16-17-18-21-53-25-33-28(5)34-22-36-27(4)32(19-20-40(49)50)42(47-36)30(7)43-41(44(51)52)29(6)37(48-43)24-38-31(9-2)26(3)35(45-38)23-39(33)46-34/h22-24,27,32,46,48H,8-21,25H2,1-7H3,(H,49,50)(H,51,52)/t27-,32-/m0/s1. The summed E-state index contributed by atoms with van der Waals surface area (Å²) in [6.45, 7) is 15.6. The van der Waals surface area contributed by atoms with Crippen LogP contribution < -0.4 is 0 Å². The SMILES string of the molecule is CCCCCCCCCCCCOCc1c(C)c2cc3nc(c(C)c4[nH]c(cc5nc(cc1[nH]2)C(C)=C5CC)c(C)c4C(=O)O)[C@@H](CCC(=O)O)[C@@H]3C. The Kier molecular flexibility index (Phi) is 13.7. The molecule has 9 nitrogen and oxygen atoms in total. The monoisotopic (exact) mass is 724 g/mol. The smallest absolute Gasteiger partial charge is 0.338 e. The van der Waals surface area contributed by atoms with Gasteiger partial charge in [-0.05, 0) is 93.0 Å². The number of fused-ring (bicyclic) bond motifs is 8. The molecule has 0 radical (unpaired) electrons. The lowest BCUT2D eigenvalue weighted by molar-refractivity contribution is -0.137. The van der Waals surface area contributed by atoms with Crippen LogP contribution in [0.1, 0.15) is 178 Å². The molecule has 2 aliphatic heterocycles. The van der Waals surface area contributed by atoms with Gasteiger partial charge in [0.05, 0.1) is 29.1 Å². The molecule has 0 amide bonds. The number of nitrogens with zero attached hydrogens (tertiary/aromatic N) is 2. The van der Waals surface area contributed by atoms with Crippen molar-refractivity contribution in [2.75, 3.05) is 6.61 Å². The molecule has 8 bridgehead atoms. The summed E-state index contributed by atoms with van der Waals surface area (Å²) in [7, 11) is 0. The molecular weight excluding hydrogens is 665 g/mol. The third kappa shape index (κ3) is 9.11. The highest BCUT2D eigenvalue weighted by Gasteiger charge is 2.32. The molecule has 0 fully saturated rings. The number of carbonyl (C=O) groups is 2. The van der Waals surface area contributed by atoms with E-state index in [0.29, 0.717) is 41.8 Å². The van der Waals surface area contributed by atoms with Gasteiger partial charge in [0.2, 0.25) is 0 Å². The van der Waals surface area contributed by atoms with Gasteiger partial charge in [-0.3, -0.25) is 9.78 Å². The number of aromatic amines is 2. The number of nitrogens with one attached hydrogen (secondary N) is 2. The van der Waals surface area contributed by atoms with Crippen LogP contribution >= 0.6 is 0 Å². The molecule has 0 spiro atoms. The van der Waals surface area contributed by atoms with Crippen molar-refractivity contribution in [2.24, 2.45) is 0 Å². The molecule has 5 rings (SSSR count). The molecule has 9 heteroatoms. The molecule has 4 N–H and O–H groups in total. The molecule has 53 heavy (non-hydrogen) atoms. The van der Waals surface area contributed by atoms with Crippen molar-refractivity contribution < 1.29 is 24.5 Å². The Balaban J connectivity index is 1.58. The van der Waals surface area contributed by atoms with E-state index < -0.39 is 11.9 Å². The van der Waals surface area contributed by atoms with Crippen LogP contribution in [0.4, 0.5) is 0 Å². The molecular formula is C44H60N4O5. The van der Waals surface area contributed by atoms with Crippen LogP contribution in [0.2, 0.25) is 0 Å². The normalized spacial score (nSPS) is 15.8. The second-order valence-electron chi connectivity index (χ2n) is 15.2. The number of aromatic carboxylic acids is 1. The number of hydrogen-bond donors (Lipinski definition) is 4. The van der Waals surface area contributed by atoms with Crippen molar-refractivity contribution in [3.8, 4) is 0 Å². The highest BCUT2D eigenvalue weighted by molar-refractivity contribution is 6.02. The van der Waals surface area contributed by atoms with E-state index in [1.807, 2.05) is 19.9 Å². The summed E-state index contributed by atoms with van der Waals surface area (Å²) in [5, 5.41) is 20.0. The predicted molar refractivity (Wildman–Crippen MR) is 214 cm³/mol. The van der Waals surface area contributed by atoms with E-state index >= 15 is 0 Å². The number of carboxylic acid groups (broad SMARTS) is 2. The lowest BCUT2D eigenvalue weighted by atomic mass is 9.86. The van der Waals surface area contributed by atoms with Crippen molar-refractivity contribution in [3.05, 3.63) is 68.8 Å². The zero-order valence-electron chi connectivity index (χ0n) is 33.0. The van der Waals surface area contributed by atoms with Gasteiger partial charge in [0.1, 0.15) is 0 Å². The van der Waals surface area contributed by atoms with Gasteiger partial charge in [0, 0.05) is 58.4 Å². The van der Waals surface area contributed by atoms with E-state index in [1.165, 1.54) is 57.8 Å². The zero-order chi connectivity index (χ0) is 38.2. The fourth-order valence-electron chi connectivity index (χ4n) is 8.15. The van der Waals surface area contributed by atoms with Crippen LogP contribution in [0.15, 0.2) is 18.2 Å². The van der Waals surface area contributed by atoms with E-state index in [0.717, 1.165) is 68.9 Å². The van der Waals surface area contributed by atoms with E-state index in [4.69, 9.17) is 14.7 Å². The summed E-state index contributed by atoms with van der Waals surface area (Å²) < 4.78 is 6.34. The second kappa shape index (κ2) is 18.2. The first-order valence-corrected chi connectivity index (χ1v) is 19.9. The molecule has 0 unspecified atom stereocenters. The summed E-state index contributed by atoms with van der Waals surface area (Å²) in [6.07, 6.45) is 14.0. The van der Waals surface area contributed by atoms with Crippen LogP contribution in [0.3, 0.4) is 0 Å². The maximum Gasteiger partial charge on any atom is 0.338 e. The van der Waals surface area contributed by atoms with Crippen LogP contribution in [-0.2, 0) is 16.1 Å². The topological polar surface area (TPSA) is 141 Å².